The summed E-state index contributed by atoms with van der Waals surface area (Å²) in [4.78, 5) is 3.55. The normalized spacial score (nSPS) is 12.9. The molecule has 0 amide bonds. The van der Waals surface area contributed by atoms with Gasteiger partial charge in [0, 0.05) is 14.6 Å². The lowest BCUT2D eigenvalue weighted by molar-refractivity contribution is 0.575. The number of rotatable bonds is 9. The molecule has 0 saturated heterocycles. The fraction of sp³-hybridized carbons (Fsp3) is 0.750. The molecule has 0 aliphatic rings. The first kappa shape index (κ1) is 16.2. The SMILES string of the molecule is CCCCCCCCCC(Br)c1sc(C)cc1C. The molecule has 0 aliphatic carbocycles. The van der Waals surface area contributed by atoms with Crippen LogP contribution < -0.4 is 0 Å². The van der Waals surface area contributed by atoms with Crippen molar-refractivity contribution in [1.82, 2.24) is 0 Å². The molecule has 0 radical (unpaired) electrons. The molecule has 0 saturated carbocycles. The number of alkyl halides is 1. The summed E-state index contributed by atoms with van der Waals surface area (Å²) in [5, 5.41) is 0. The smallest absolute Gasteiger partial charge is 0.0491 e. The number of unbranched alkanes of at least 4 members (excludes halogenated alkanes) is 6. The first-order chi connectivity index (χ1) is 8.65. The highest BCUT2D eigenvalue weighted by molar-refractivity contribution is 9.09. The maximum atomic E-state index is 3.85. The molecule has 104 valence electrons. The van der Waals surface area contributed by atoms with Gasteiger partial charge in [-0.3, -0.25) is 0 Å². The monoisotopic (exact) mass is 330 g/mol. The number of aryl methyl sites for hydroxylation is 2. The molecule has 1 atom stereocenters. The van der Waals surface area contributed by atoms with Crippen LogP contribution in [0.1, 0.15) is 78.4 Å². The fourth-order valence-electron chi connectivity index (χ4n) is 2.38. The van der Waals surface area contributed by atoms with Crippen molar-refractivity contribution in [3.8, 4) is 0 Å². The van der Waals surface area contributed by atoms with Gasteiger partial charge in [-0.25, -0.2) is 0 Å². The van der Waals surface area contributed by atoms with Crippen LogP contribution in [0.4, 0.5) is 0 Å². The Kier molecular flexibility index (Phi) is 8.25. The van der Waals surface area contributed by atoms with E-state index < -0.39 is 0 Å². The molecule has 0 bridgehead atoms. The fourth-order valence-corrected chi connectivity index (χ4v) is 4.40. The zero-order chi connectivity index (χ0) is 13.4. The molecule has 1 rings (SSSR count). The van der Waals surface area contributed by atoms with E-state index in [1.54, 1.807) is 4.88 Å². The summed E-state index contributed by atoms with van der Waals surface area (Å²) in [5.74, 6) is 0. The lowest BCUT2D eigenvalue weighted by Crippen LogP contribution is -1.89. The molecular weight excluding hydrogens is 304 g/mol. The van der Waals surface area contributed by atoms with Crippen LogP contribution in [-0.2, 0) is 0 Å². The molecule has 1 unspecified atom stereocenters. The van der Waals surface area contributed by atoms with E-state index in [2.05, 4.69) is 42.8 Å². The third-order valence-corrected chi connectivity index (χ3v) is 5.91. The molecule has 0 spiro atoms. The molecule has 0 aliphatic heterocycles. The Morgan fingerprint density at radius 1 is 1.06 bits per heavy atom. The topological polar surface area (TPSA) is 0 Å². The van der Waals surface area contributed by atoms with Crippen molar-refractivity contribution in [2.45, 2.75) is 77.0 Å². The van der Waals surface area contributed by atoms with Gasteiger partial charge in [-0.2, -0.15) is 0 Å². The van der Waals surface area contributed by atoms with Crippen LogP contribution in [0.3, 0.4) is 0 Å². The average molecular weight is 331 g/mol. The summed E-state index contributed by atoms with van der Waals surface area (Å²) in [5.41, 5.74) is 1.46. The predicted octanol–water partition coefficient (Wildman–Crippen LogP) is 6.94. The van der Waals surface area contributed by atoms with E-state index in [4.69, 9.17) is 0 Å². The van der Waals surface area contributed by atoms with Crippen LogP contribution in [0.2, 0.25) is 0 Å². The highest BCUT2D eigenvalue weighted by atomic mass is 79.9. The summed E-state index contributed by atoms with van der Waals surface area (Å²) < 4.78 is 0. The van der Waals surface area contributed by atoms with Gasteiger partial charge in [-0.1, -0.05) is 67.8 Å². The minimum atomic E-state index is 0.576. The maximum absolute atomic E-state index is 3.85. The largest absolute Gasteiger partial charge is 0.144 e. The highest BCUT2D eigenvalue weighted by Crippen LogP contribution is 2.36. The van der Waals surface area contributed by atoms with Crippen molar-refractivity contribution in [3.63, 3.8) is 0 Å². The molecule has 1 heterocycles. The third kappa shape index (κ3) is 5.88. The molecule has 0 nitrogen and oxygen atoms in total. The summed E-state index contributed by atoms with van der Waals surface area (Å²) >= 11 is 5.81. The summed E-state index contributed by atoms with van der Waals surface area (Å²) in [6.45, 7) is 6.72. The van der Waals surface area contributed by atoms with Crippen LogP contribution in [0, 0.1) is 13.8 Å². The second-order valence-corrected chi connectivity index (χ2v) is 7.68. The van der Waals surface area contributed by atoms with Crippen LogP contribution in [0.15, 0.2) is 6.07 Å². The first-order valence-electron chi connectivity index (χ1n) is 7.36. The second kappa shape index (κ2) is 9.14. The Morgan fingerprint density at radius 2 is 1.67 bits per heavy atom. The van der Waals surface area contributed by atoms with Gasteiger partial charge in [0.15, 0.2) is 0 Å². The van der Waals surface area contributed by atoms with E-state index in [1.807, 2.05) is 11.3 Å². The quantitative estimate of drug-likeness (QED) is 0.339. The molecule has 1 aromatic heterocycles. The Bertz CT molecular complexity index is 330. The van der Waals surface area contributed by atoms with Crippen molar-refractivity contribution < 1.29 is 0 Å². The van der Waals surface area contributed by atoms with Gasteiger partial charge in [0.25, 0.3) is 0 Å². The van der Waals surface area contributed by atoms with Gasteiger partial charge >= 0.3 is 0 Å². The Morgan fingerprint density at radius 3 is 2.22 bits per heavy atom. The third-order valence-electron chi connectivity index (χ3n) is 3.42. The van der Waals surface area contributed by atoms with E-state index in [0.29, 0.717) is 4.83 Å². The van der Waals surface area contributed by atoms with Crippen molar-refractivity contribution in [2.24, 2.45) is 0 Å². The van der Waals surface area contributed by atoms with Crippen molar-refractivity contribution in [1.29, 1.82) is 0 Å². The van der Waals surface area contributed by atoms with E-state index in [0.717, 1.165) is 0 Å². The molecule has 0 aromatic carbocycles. The predicted molar refractivity (Wildman–Crippen MR) is 88.1 cm³/mol. The molecule has 0 fully saturated rings. The minimum absolute atomic E-state index is 0.576. The molecule has 1 aromatic rings. The summed E-state index contributed by atoms with van der Waals surface area (Å²) in [6, 6.07) is 2.30. The molecule has 2 heteroatoms. The molecular formula is C16H27BrS. The Balaban J connectivity index is 2.14. The highest BCUT2D eigenvalue weighted by Gasteiger charge is 2.12. The van der Waals surface area contributed by atoms with Crippen LogP contribution in [0.25, 0.3) is 0 Å². The van der Waals surface area contributed by atoms with Gasteiger partial charge in [0.05, 0.1) is 0 Å². The zero-order valence-electron chi connectivity index (χ0n) is 12.1. The van der Waals surface area contributed by atoms with Gasteiger partial charge < -0.3 is 0 Å². The lowest BCUT2D eigenvalue weighted by atomic mass is 10.1. The summed E-state index contributed by atoms with van der Waals surface area (Å²) in [6.07, 6.45) is 11.1. The van der Waals surface area contributed by atoms with Gasteiger partial charge in [-0.15, -0.1) is 11.3 Å². The van der Waals surface area contributed by atoms with Crippen molar-refractivity contribution in [3.05, 3.63) is 21.4 Å². The minimum Gasteiger partial charge on any atom is -0.144 e. The van der Waals surface area contributed by atoms with Crippen LogP contribution in [-0.4, -0.2) is 0 Å². The lowest BCUT2D eigenvalue weighted by Gasteiger charge is -2.09. The van der Waals surface area contributed by atoms with E-state index in [9.17, 15) is 0 Å². The summed E-state index contributed by atoms with van der Waals surface area (Å²) in [7, 11) is 0. The van der Waals surface area contributed by atoms with Crippen molar-refractivity contribution in [2.75, 3.05) is 0 Å². The van der Waals surface area contributed by atoms with Crippen molar-refractivity contribution >= 4 is 27.3 Å². The van der Waals surface area contributed by atoms with Crippen LogP contribution in [0.5, 0.6) is 0 Å². The average Bonchev–Trinajstić information content (AvgIpc) is 2.67. The zero-order valence-corrected chi connectivity index (χ0v) is 14.5. The Labute approximate surface area is 125 Å². The number of halogens is 1. The number of thiophene rings is 1. The van der Waals surface area contributed by atoms with Gasteiger partial charge in [-0.05, 0) is 31.9 Å². The van der Waals surface area contributed by atoms with E-state index in [1.165, 1.54) is 61.8 Å². The Hall–Kier alpha value is 0.180. The van der Waals surface area contributed by atoms with Crippen LogP contribution >= 0.6 is 27.3 Å². The van der Waals surface area contributed by atoms with E-state index in [-0.39, 0.29) is 0 Å². The van der Waals surface area contributed by atoms with Gasteiger partial charge in [0.2, 0.25) is 0 Å². The molecule has 0 N–H and O–H groups in total. The number of hydrogen-bond donors (Lipinski definition) is 0. The maximum Gasteiger partial charge on any atom is 0.0491 e. The van der Waals surface area contributed by atoms with Gasteiger partial charge in [0.1, 0.15) is 0 Å². The van der Waals surface area contributed by atoms with E-state index >= 15 is 0 Å². The second-order valence-electron chi connectivity index (χ2n) is 5.28. The molecule has 18 heavy (non-hydrogen) atoms. The standard InChI is InChI=1S/C16H27BrS/c1-4-5-6-7-8-9-10-11-15(17)16-13(2)12-14(3)18-16/h12,15H,4-11H2,1-3H3. The number of hydrogen-bond acceptors (Lipinski definition) is 1. The first-order valence-corrected chi connectivity index (χ1v) is 9.09.